The molecule has 1 aromatic carbocycles. The second kappa shape index (κ2) is 4.46. The molecule has 0 saturated carbocycles. The third-order valence-corrected chi connectivity index (χ3v) is 2.55. The van der Waals surface area contributed by atoms with Crippen LogP contribution in [0.4, 0.5) is 4.39 Å². The van der Waals surface area contributed by atoms with Crippen LogP contribution >= 0.6 is 0 Å². The molecule has 0 radical (unpaired) electrons. The van der Waals surface area contributed by atoms with Gasteiger partial charge >= 0.3 is 0 Å². The van der Waals surface area contributed by atoms with Crippen molar-refractivity contribution in [3.05, 3.63) is 47.7 Å². The van der Waals surface area contributed by atoms with Crippen molar-refractivity contribution in [2.45, 2.75) is 26.4 Å². The number of rotatable bonds is 2. The monoisotopic (exact) mass is 246 g/mol. The van der Waals surface area contributed by atoms with E-state index < -0.39 is 5.60 Å². The molecule has 1 aromatic heterocycles. The molecule has 0 saturated heterocycles. The highest BCUT2D eigenvalue weighted by molar-refractivity contribution is 5.60. The van der Waals surface area contributed by atoms with Crippen molar-refractivity contribution in [3.63, 3.8) is 0 Å². The highest BCUT2D eigenvalue weighted by Crippen LogP contribution is 2.24. The van der Waals surface area contributed by atoms with Crippen molar-refractivity contribution in [3.8, 4) is 11.3 Å². The maximum absolute atomic E-state index is 13.7. The topological polar surface area (TPSA) is 46.0 Å². The van der Waals surface area contributed by atoms with Crippen molar-refractivity contribution >= 4 is 0 Å². The summed E-state index contributed by atoms with van der Waals surface area (Å²) in [6, 6.07) is 8.12. The normalized spacial score (nSPS) is 11.6. The van der Waals surface area contributed by atoms with Crippen LogP contribution in [-0.2, 0) is 5.60 Å². The van der Waals surface area contributed by atoms with E-state index in [4.69, 9.17) is 0 Å². The minimum atomic E-state index is -1.15. The van der Waals surface area contributed by atoms with E-state index in [0.29, 0.717) is 22.8 Å². The maximum atomic E-state index is 13.7. The van der Waals surface area contributed by atoms with Crippen molar-refractivity contribution < 1.29 is 9.50 Å². The molecule has 0 fully saturated rings. The van der Waals surface area contributed by atoms with Crippen molar-refractivity contribution in [1.29, 1.82) is 0 Å². The predicted octanol–water partition coefficient (Wildman–Crippen LogP) is 2.82. The van der Waals surface area contributed by atoms with Gasteiger partial charge in [0.15, 0.2) is 5.82 Å². The Bertz CT molecular complexity index is 576. The Labute approximate surface area is 105 Å². The Morgan fingerprint density at radius 2 is 1.83 bits per heavy atom. The molecular formula is C14H15FN2O. The van der Waals surface area contributed by atoms with E-state index >= 15 is 0 Å². The lowest BCUT2D eigenvalue weighted by Crippen LogP contribution is -2.20. The molecule has 2 aromatic rings. The van der Waals surface area contributed by atoms with Crippen LogP contribution in [0, 0.1) is 12.7 Å². The first-order chi connectivity index (χ1) is 8.38. The summed E-state index contributed by atoms with van der Waals surface area (Å²) in [5.41, 5.74) is 0.443. The van der Waals surface area contributed by atoms with Crippen LogP contribution in [0.2, 0.25) is 0 Å². The lowest BCUT2D eigenvalue weighted by atomic mass is 10.1. The summed E-state index contributed by atoms with van der Waals surface area (Å²) >= 11 is 0. The van der Waals surface area contributed by atoms with Crippen LogP contribution in [0.15, 0.2) is 30.3 Å². The van der Waals surface area contributed by atoms with Gasteiger partial charge in [-0.15, -0.1) is 0 Å². The summed E-state index contributed by atoms with van der Waals surface area (Å²) in [6.07, 6.45) is 0. The maximum Gasteiger partial charge on any atom is 0.160 e. The number of nitrogens with zero attached hydrogens (tertiary/aromatic N) is 2. The largest absolute Gasteiger partial charge is 0.382 e. The van der Waals surface area contributed by atoms with Crippen LogP contribution in [0.1, 0.15) is 25.4 Å². The van der Waals surface area contributed by atoms with E-state index in [2.05, 4.69) is 9.97 Å². The molecule has 1 N–H and O–H groups in total. The fraction of sp³-hybridized carbons (Fsp3) is 0.286. The van der Waals surface area contributed by atoms with Gasteiger partial charge in [-0.25, -0.2) is 14.4 Å². The third kappa shape index (κ3) is 2.54. The average Bonchev–Trinajstić information content (AvgIpc) is 2.27. The van der Waals surface area contributed by atoms with Gasteiger partial charge < -0.3 is 5.11 Å². The molecule has 4 heteroatoms. The molecule has 1 heterocycles. The minimum absolute atomic E-state index is 0.292. The van der Waals surface area contributed by atoms with Gasteiger partial charge in [0.05, 0.1) is 5.69 Å². The van der Waals surface area contributed by atoms with Gasteiger partial charge in [0, 0.05) is 11.3 Å². The number of aryl methyl sites for hydroxylation is 1. The SMILES string of the molecule is Cc1cc(-c2ccccc2F)nc(C(C)(C)O)n1. The Kier molecular flexibility index (Phi) is 3.13. The smallest absolute Gasteiger partial charge is 0.160 e. The average molecular weight is 246 g/mol. The molecule has 94 valence electrons. The van der Waals surface area contributed by atoms with E-state index in [1.54, 1.807) is 45.0 Å². The number of halogens is 1. The molecule has 3 nitrogen and oxygen atoms in total. The zero-order valence-electron chi connectivity index (χ0n) is 10.6. The van der Waals surface area contributed by atoms with E-state index in [0.717, 1.165) is 0 Å². The molecule has 18 heavy (non-hydrogen) atoms. The van der Waals surface area contributed by atoms with Crippen molar-refractivity contribution in [2.75, 3.05) is 0 Å². The lowest BCUT2D eigenvalue weighted by molar-refractivity contribution is 0.0686. The van der Waals surface area contributed by atoms with E-state index in [1.807, 2.05) is 0 Å². The number of aromatic nitrogens is 2. The highest BCUT2D eigenvalue weighted by Gasteiger charge is 2.21. The molecule has 0 aliphatic heterocycles. The first kappa shape index (κ1) is 12.6. The lowest BCUT2D eigenvalue weighted by Gasteiger charge is -2.17. The van der Waals surface area contributed by atoms with Crippen LogP contribution in [0.25, 0.3) is 11.3 Å². The predicted molar refractivity (Wildman–Crippen MR) is 67.4 cm³/mol. The molecular weight excluding hydrogens is 231 g/mol. The summed E-state index contributed by atoms with van der Waals surface area (Å²) in [5, 5.41) is 9.94. The fourth-order valence-corrected chi connectivity index (χ4v) is 1.65. The van der Waals surface area contributed by atoms with Gasteiger partial charge in [0.25, 0.3) is 0 Å². The van der Waals surface area contributed by atoms with Crippen LogP contribution in [-0.4, -0.2) is 15.1 Å². The van der Waals surface area contributed by atoms with Gasteiger partial charge in [-0.1, -0.05) is 12.1 Å². The molecule has 0 unspecified atom stereocenters. The summed E-state index contributed by atoms with van der Waals surface area (Å²) in [6.45, 7) is 5.00. The molecule has 0 atom stereocenters. The molecule has 0 bridgehead atoms. The van der Waals surface area contributed by atoms with E-state index in [-0.39, 0.29) is 5.82 Å². The first-order valence-corrected chi connectivity index (χ1v) is 5.71. The standard InChI is InChI=1S/C14H15FN2O/c1-9-8-12(10-6-4-5-7-11(10)15)17-13(16-9)14(2,3)18/h4-8,18H,1-3H3. The molecule has 0 aliphatic carbocycles. The molecule has 2 rings (SSSR count). The number of benzene rings is 1. The van der Waals surface area contributed by atoms with E-state index in [9.17, 15) is 9.50 Å². The second-order valence-electron chi connectivity index (χ2n) is 4.76. The van der Waals surface area contributed by atoms with Crippen molar-refractivity contribution in [2.24, 2.45) is 0 Å². The number of hydrogen-bond donors (Lipinski definition) is 1. The quantitative estimate of drug-likeness (QED) is 0.886. The van der Waals surface area contributed by atoms with Crippen LogP contribution < -0.4 is 0 Å². The summed E-state index contributed by atoms with van der Waals surface area (Å²) in [4.78, 5) is 8.41. The highest BCUT2D eigenvalue weighted by atomic mass is 19.1. The minimum Gasteiger partial charge on any atom is -0.382 e. The zero-order chi connectivity index (χ0) is 13.3. The molecule has 0 amide bonds. The second-order valence-corrected chi connectivity index (χ2v) is 4.76. The van der Waals surface area contributed by atoms with Gasteiger partial charge in [0.1, 0.15) is 11.4 Å². The summed E-state index contributed by atoms with van der Waals surface area (Å²) in [7, 11) is 0. The number of hydrogen-bond acceptors (Lipinski definition) is 3. The number of aliphatic hydroxyl groups is 1. The van der Waals surface area contributed by atoms with Crippen LogP contribution in [0.3, 0.4) is 0 Å². The van der Waals surface area contributed by atoms with Gasteiger partial charge in [-0.2, -0.15) is 0 Å². The van der Waals surface area contributed by atoms with Crippen molar-refractivity contribution in [1.82, 2.24) is 9.97 Å². The Morgan fingerprint density at radius 3 is 2.44 bits per heavy atom. The van der Waals surface area contributed by atoms with E-state index in [1.165, 1.54) is 6.07 Å². The Balaban J connectivity index is 2.60. The Morgan fingerprint density at radius 1 is 1.17 bits per heavy atom. The molecule has 0 spiro atoms. The molecule has 0 aliphatic rings. The zero-order valence-corrected chi connectivity index (χ0v) is 10.6. The first-order valence-electron chi connectivity index (χ1n) is 5.71. The summed E-state index contributed by atoms with van der Waals surface area (Å²) in [5.74, 6) is -0.0435. The fourth-order valence-electron chi connectivity index (χ4n) is 1.65. The van der Waals surface area contributed by atoms with Gasteiger partial charge in [-0.05, 0) is 39.0 Å². The van der Waals surface area contributed by atoms with Crippen LogP contribution in [0.5, 0.6) is 0 Å². The Hall–Kier alpha value is -1.81. The summed E-state index contributed by atoms with van der Waals surface area (Å²) < 4.78 is 13.7. The van der Waals surface area contributed by atoms with Gasteiger partial charge in [0.2, 0.25) is 0 Å². The third-order valence-electron chi connectivity index (χ3n) is 2.55. The van der Waals surface area contributed by atoms with Gasteiger partial charge in [-0.3, -0.25) is 0 Å².